The van der Waals surface area contributed by atoms with Gasteiger partial charge in [0, 0.05) is 25.3 Å². The Bertz CT molecular complexity index is 369. The number of nitrogens with two attached hydrogens (primary N) is 1. The SMILES string of the molecule is CCOC(COc1cccc(N)c1)NC(C)=O. The number of carbonyl (C=O) groups excluding carboxylic acids is 1. The van der Waals surface area contributed by atoms with Crippen molar-refractivity contribution in [3.05, 3.63) is 24.3 Å². The number of rotatable bonds is 6. The summed E-state index contributed by atoms with van der Waals surface area (Å²) in [5, 5.41) is 2.65. The summed E-state index contributed by atoms with van der Waals surface area (Å²) in [5.41, 5.74) is 6.26. The lowest BCUT2D eigenvalue weighted by Gasteiger charge is -2.18. The van der Waals surface area contributed by atoms with Crippen LogP contribution in [0.3, 0.4) is 0 Å². The molecule has 0 bridgehead atoms. The molecule has 1 amide bonds. The highest BCUT2D eigenvalue weighted by atomic mass is 16.5. The van der Waals surface area contributed by atoms with Gasteiger partial charge in [0.15, 0.2) is 6.23 Å². The van der Waals surface area contributed by atoms with Gasteiger partial charge in [0.25, 0.3) is 0 Å². The summed E-state index contributed by atoms with van der Waals surface area (Å²) in [7, 11) is 0. The smallest absolute Gasteiger partial charge is 0.218 e. The highest BCUT2D eigenvalue weighted by Gasteiger charge is 2.10. The number of anilines is 1. The zero-order valence-electron chi connectivity index (χ0n) is 10.1. The first-order chi connectivity index (χ1) is 8.11. The third-order valence-electron chi connectivity index (χ3n) is 1.99. The highest BCUT2D eigenvalue weighted by molar-refractivity contribution is 5.73. The Hall–Kier alpha value is -1.75. The standard InChI is InChI=1S/C12H18N2O3/c1-3-16-12(14-9(2)15)8-17-11-6-4-5-10(13)7-11/h4-7,12H,3,8,13H2,1-2H3,(H,14,15). The van der Waals surface area contributed by atoms with Gasteiger partial charge in [-0.1, -0.05) is 6.07 Å². The average molecular weight is 238 g/mol. The number of nitrogen functional groups attached to an aromatic ring is 1. The molecular weight excluding hydrogens is 220 g/mol. The van der Waals surface area contributed by atoms with Gasteiger partial charge in [-0.05, 0) is 19.1 Å². The molecule has 0 radical (unpaired) electrons. The summed E-state index contributed by atoms with van der Waals surface area (Å²) in [4.78, 5) is 10.9. The van der Waals surface area contributed by atoms with Crippen LogP contribution in [-0.4, -0.2) is 25.3 Å². The molecule has 5 heteroatoms. The molecule has 17 heavy (non-hydrogen) atoms. The maximum absolute atomic E-state index is 10.9. The van der Waals surface area contributed by atoms with Crippen LogP contribution >= 0.6 is 0 Å². The van der Waals surface area contributed by atoms with Gasteiger partial charge in [-0.25, -0.2) is 0 Å². The third kappa shape index (κ3) is 5.21. The zero-order chi connectivity index (χ0) is 12.7. The largest absolute Gasteiger partial charge is 0.489 e. The fraction of sp³-hybridized carbons (Fsp3) is 0.417. The first-order valence-electron chi connectivity index (χ1n) is 5.49. The van der Waals surface area contributed by atoms with E-state index in [9.17, 15) is 4.79 Å². The molecule has 94 valence electrons. The van der Waals surface area contributed by atoms with Gasteiger partial charge < -0.3 is 20.5 Å². The van der Waals surface area contributed by atoms with Crippen LogP contribution in [-0.2, 0) is 9.53 Å². The molecular formula is C12H18N2O3. The normalized spacial score (nSPS) is 11.9. The van der Waals surface area contributed by atoms with Crippen molar-refractivity contribution in [2.75, 3.05) is 18.9 Å². The molecule has 0 aliphatic rings. The maximum atomic E-state index is 10.9. The van der Waals surface area contributed by atoms with E-state index in [1.165, 1.54) is 6.92 Å². The molecule has 5 nitrogen and oxygen atoms in total. The molecule has 1 atom stereocenters. The van der Waals surface area contributed by atoms with Crippen LogP contribution < -0.4 is 15.8 Å². The predicted octanol–water partition coefficient (Wildman–Crippen LogP) is 1.15. The van der Waals surface area contributed by atoms with Crippen LogP contribution in [0.1, 0.15) is 13.8 Å². The Morgan fingerprint density at radius 3 is 2.88 bits per heavy atom. The van der Waals surface area contributed by atoms with Crippen molar-refractivity contribution in [3.8, 4) is 5.75 Å². The second-order valence-electron chi connectivity index (χ2n) is 3.53. The van der Waals surface area contributed by atoms with Crippen molar-refractivity contribution in [1.29, 1.82) is 0 Å². The highest BCUT2D eigenvalue weighted by Crippen LogP contribution is 2.14. The average Bonchev–Trinajstić information content (AvgIpc) is 2.26. The first-order valence-corrected chi connectivity index (χ1v) is 5.49. The second kappa shape index (κ2) is 6.75. The topological polar surface area (TPSA) is 73.6 Å². The summed E-state index contributed by atoms with van der Waals surface area (Å²) in [6.45, 7) is 4.05. The molecule has 0 aliphatic heterocycles. The van der Waals surface area contributed by atoms with Crippen molar-refractivity contribution in [2.24, 2.45) is 0 Å². The molecule has 0 saturated carbocycles. The molecule has 0 aliphatic carbocycles. The minimum Gasteiger partial charge on any atom is -0.489 e. The van der Waals surface area contributed by atoms with Crippen LogP contribution in [0.4, 0.5) is 5.69 Å². The lowest BCUT2D eigenvalue weighted by Crippen LogP contribution is -2.39. The van der Waals surface area contributed by atoms with Crippen molar-refractivity contribution < 1.29 is 14.3 Å². The number of hydrogen-bond acceptors (Lipinski definition) is 4. The van der Waals surface area contributed by atoms with Crippen LogP contribution in [0.15, 0.2) is 24.3 Å². The maximum Gasteiger partial charge on any atom is 0.218 e. The number of benzene rings is 1. The van der Waals surface area contributed by atoms with Gasteiger partial charge in [0.05, 0.1) is 0 Å². The Labute approximate surface area is 101 Å². The lowest BCUT2D eigenvalue weighted by molar-refractivity contribution is -0.124. The van der Waals surface area contributed by atoms with Crippen LogP contribution in [0.5, 0.6) is 5.75 Å². The molecule has 1 rings (SSSR count). The van der Waals surface area contributed by atoms with E-state index in [4.69, 9.17) is 15.2 Å². The van der Waals surface area contributed by atoms with E-state index in [0.29, 0.717) is 18.0 Å². The fourth-order valence-electron chi connectivity index (χ4n) is 1.34. The van der Waals surface area contributed by atoms with E-state index in [1.807, 2.05) is 6.92 Å². The molecule has 0 fully saturated rings. The Balaban J connectivity index is 2.48. The van der Waals surface area contributed by atoms with E-state index < -0.39 is 6.23 Å². The molecule has 1 aromatic carbocycles. The monoisotopic (exact) mass is 238 g/mol. The van der Waals surface area contributed by atoms with Crippen LogP contribution in [0.2, 0.25) is 0 Å². The molecule has 0 saturated heterocycles. The number of ether oxygens (including phenoxy) is 2. The number of nitrogens with one attached hydrogen (secondary N) is 1. The summed E-state index contributed by atoms with van der Waals surface area (Å²) < 4.78 is 10.8. The van der Waals surface area contributed by atoms with Crippen molar-refractivity contribution in [1.82, 2.24) is 5.32 Å². The third-order valence-corrected chi connectivity index (χ3v) is 1.99. The van der Waals surface area contributed by atoms with Crippen LogP contribution in [0, 0.1) is 0 Å². The summed E-state index contributed by atoms with van der Waals surface area (Å²) in [6, 6.07) is 7.10. The summed E-state index contributed by atoms with van der Waals surface area (Å²) >= 11 is 0. The lowest BCUT2D eigenvalue weighted by atomic mass is 10.3. The molecule has 0 aromatic heterocycles. The summed E-state index contributed by atoms with van der Waals surface area (Å²) in [5.74, 6) is 0.500. The summed E-state index contributed by atoms with van der Waals surface area (Å²) in [6.07, 6.45) is -0.445. The Morgan fingerprint density at radius 2 is 2.29 bits per heavy atom. The molecule has 3 N–H and O–H groups in total. The fourth-order valence-corrected chi connectivity index (χ4v) is 1.34. The number of amides is 1. The molecule has 1 unspecified atom stereocenters. The van der Waals surface area contributed by atoms with Gasteiger partial charge in [-0.3, -0.25) is 4.79 Å². The Kier molecular flexibility index (Phi) is 5.29. The zero-order valence-corrected chi connectivity index (χ0v) is 10.1. The van der Waals surface area contributed by atoms with E-state index in [2.05, 4.69) is 5.32 Å². The second-order valence-corrected chi connectivity index (χ2v) is 3.53. The van der Waals surface area contributed by atoms with E-state index in [1.54, 1.807) is 24.3 Å². The van der Waals surface area contributed by atoms with E-state index in [0.717, 1.165) is 0 Å². The van der Waals surface area contributed by atoms with Gasteiger partial charge in [0.1, 0.15) is 12.4 Å². The molecule has 0 heterocycles. The van der Waals surface area contributed by atoms with Gasteiger partial charge in [-0.2, -0.15) is 0 Å². The minimum absolute atomic E-state index is 0.153. The number of hydrogen-bond donors (Lipinski definition) is 2. The quantitative estimate of drug-likeness (QED) is 0.576. The van der Waals surface area contributed by atoms with Crippen molar-refractivity contribution in [3.63, 3.8) is 0 Å². The van der Waals surface area contributed by atoms with Gasteiger partial charge >= 0.3 is 0 Å². The van der Waals surface area contributed by atoms with Gasteiger partial charge in [0.2, 0.25) is 5.91 Å². The molecule has 0 spiro atoms. The Morgan fingerprint density at radius 1 is 1.53 bits per heavy atom. The van der Waals surface area contributed by atoms with Crippen LogP contribution in [0.25, 0.3) is 0 Å². The minimum atomic E-state index is -0.445. The number of carbonyl (C=O) groups is 1. The first kappa shape index (κ1) is 13.3. The predicted molar refractivity (Wildman–Crippen MR) is 65.6 cm³/mol. The van der Waals surface area contributed by atoms with E-state index in [-0.39, 0.29) is 12.5 Å². The molecule has 1 aromatic rings. The van der Waals surface area contributed by atoms with Gasteiger partial charge in [-0.15, -0.1) is 0 Å². The van der Waals surface area contributed by atoms with E-state index >= 15 is 0 Å². The van der Waals surface area contributed by atoms with Crippen molar-refractivity contribution in [2.45, 2.75) is 20.1 Å². The van der Waals surface area contributed by atoms with Crippen molar-refractivity contribution >= 4 is 11.6 Å².